The Morgan fingerprint density at radius 2 is 2.11 bits per heavy atom. The van der Waals surface area contributed by atoms with Gasteiger partial charge in [0.25, 0.3) is 0 Å². The molecule has 2 saturated carbocycles. The maximum Gasteiger partial charge on any atom is 0.315 e. The lowest BCUT2D eigenvalue weighted by Crippen LogP contribution is -2.86. The molecule has 5 atom stereocenters. The Labute approximate surface area is 168 Å². The summed E-state index contributed by atoms with van der Waals surface area (Å²) >= 11 is 0. The van der Waals surface area contributed by atoms with E-state index in [-0.39, 0.29) is 23.4 Å². The third-order valence-corrected chi connectivity index (χ3v) is 7.54. The highest BCUT2D eigenvalue weighted by Gasteiger charge is 2.55. The molecule has 1 aromatic carbocycles. The van der Waals surface area contributed by atoms with Crippen molar-refractivity contribution < 1.29 is 19.6 Å². The molecule has 0 bridgehead atoms. The Morgan fingerprint density at radius 1 is 1.32 bits per heavy atom. The summed E-state index contributed by atoms with van der Waals surface area (Å²) in [6.07, 6.45) is 6.87. The molecule has 0 radical (unpaired) electrons. The Hall–Kier alpha value is -1.81. The van der Waals surface area contributed by atoms with Crippen LogP contribution < -0.4 is 10.1 Å². The van der Waals surface area contributed by atoms with Gasteiger partial charge in [0.05, 0.1) is 20.2 Å². The average molecular weight is 385 g/mol. The Bertz CT molecular complexity index is 728. The first-order valence-electron chi connectivity index (χ1n) is 10.8. The van der Waals surface area contributed by atoms with Gasteiger partial charge in [-0.2, -0.15) is 0 Å². The van der Waals surface area contributed by atoms with E-state index >= 15 is 0 Å². The number of rotatable bonds is 6. The summed E-state index contributed by atoms with van der Waals surface area (Å²) in [7, 11) is 1.69. The Kier molecular flexibility index (Phi) is 5.50. The summed E-state index contributed by atoms with van der Waals surface area (Å²) in [5, 5.41) is 2.29. The van der Waals surface area contributed by atoms with Crippen LogP contribution >= 0.6 is 0 Å². The highest BCUT2D eigenvalue weighted by Crippen LogP contribution is 2.56. The van der Waals surface area contributed by atoms with Crippen molar-refractivity contribution in [3.05, 3.63) is 42.0 Å². The van der Waals surface area contributed by atoms with Gasteiger partial charge in [0.15, 0.2) is 0 Å². The van der Waals surface area contributed by atoms with Gasteiger partial charge in [-0.1, -0.05) is 31.2 Å². The minimum atomic E-state index is 0.0311. The van der Waals surface area contributed by atoms with Gasteiger partial charge >= 0.3 is 5.97 Å². The molecule has 4 rings (SSSR count). The molecule has 0 amide bonds. The van der Waals surface area contributed by atoms with Crippen LogP contribution in [0.25, 0.3) is 0 Å². The van der Waals surface area contributed by atoms with Crippen molar-refractivity contribution in [1.29, 1.82) is 0 Å². The van der Waals surface area contributed by atoms with Gasteiger partial charge in [-0.3, -0.25) is 4.79 Å². The van der Waals surface area contributed by atoms with Crippen LogP contribution in [-0.2, 0) is 16.0 Å². The number of fused-ring (bicyclic) bond motifs is 2. The Balaban J connectivity index is 1.32. The molecule has 1 heterocycles. The molecule has 3 aliphatic rings. The molecule has 1 aromatic rings. The van der Waals surface area contributed by atoms with Gasteiger partial charge in [0.1, 0.15) is 17.8 Å². The zero-order chi connectivity index (χ0) is 19.7. The number of esters is 1. The summed E-state index contributed by atoms with van der Waals surface area (Å²) < 4.78 is 11.1. The number of quaternary nitrogens is 1. The van der Waals surface area contributed by atoms with E-state index < -0.39 is 0 Å². The molecule has 0 unspecified atom stereocenters. The van der Waals surface area contributed by atoms with Gasteiger partial charge < -0.3 is 14.8 Å². The van der Waals surface area contributed by atoms with Gasteiger partial charge in [0, 0.05) is 12.3 Å². The number of methoxy groups -OCH3 is 1. The lowest BCUT2D eigenvalue weighted by atomic mass is 9.55. The van der Waals surface area contributed by atoms with Crippen LogP contribution in [0.1, 0.15) is 44.6 Å². The predicted molar refractivity (Wildman–Crippen MR) is 109 cm³/mol. The number of hydrogen-bond donors (Lipinski definition) is 1. The van der Waals surface area contributed by atoms with E-state index in [1.807, 2.05) is 12.1 Å². The molecule has 0 spiro atoms. The van der Waals surface area contributed by atoms with Gasteiger partial charge in [-0.05, 0) is 61.1 Å². The monoisotopic (exact) mass is 384 g/mol. The van der Waals surface area contributed by atoms with Crippen molar-refractivity contribution >= 4 is 5.97 Å². The van der Waals surface area contributed by atoms with Crippen molar-refractivity contribution in [1.82, 2.24) is 0 Å². The summed E-state index contributed by atoms with van der Waals surface area (Å²) in [6, 6.07) is 8.24. The van der Waals surface area contributed by atoms with Crippen LogP contribution in [0.15, 0.2) is 36.4 Å². The van der Waals surface area contributed by atoms with E-state index in [9.17, 15) is 4.79 Å². The second-order valence-corrected chi connectivity index (χ2v) is 9.32. The lowest BCUT2D eigenvalue weighted by molar-refractivity contribution is -0.658. The standard InChI is InChI=1S/C24H33NO3/c1-16-5-4-11-24(2)14-22-19(13-21(16)24)20(23(26)28-22)15-25-12-10-17-6-8-18(27-3)9-7-17/h6-9,19-22,25H,1,4-5,10-15H2,2-3H3/p+1/t19-,20+,21+,22-,24-/m1/s1. The summed E-state index contributed by atoms with van der Waals surface area (Å²) in [6.45, 7) is 8.60. The average Bonchev–Trinajstić information content (AvgIpc) is 2.98. The number of hydrogen-bond acceptors (Lipinski definition) is 3. The molecule has 28 heavy (non-hydrogen) atoms. The molecule has 4 heteroatoms. The highest BCUT2D eigenvalue weighted by molar-refractivity contribution is 5.75. The zero-order valence-corrected chi connectivity index (χ0v) is 17.3. The fourth-order valence-electron chi connectivity index (χ4n) is 5.88. The van der Waals surface area contributed by atoms with Crippen molar-refractivity contribution in [2.75, 3.05) is 20.2 Å². The third-order valence-electron chi connectivity index (χ3n) is 7.54. The lowest BCUT2D eigenvalue weighted by Gasteiger charge is -2.49. The molecular weight excluding hydrogens is 350 g/mol. The topological polar surface area (TPSA) is 52.1 Å². The van der Waals surface area contributed by atoms with E-state index in [4.69, 9.17) is 9.47 Å². The molecule has 0 aromatic heterocycles. The van der Waals surface area contributed by atoms with E-state index in [1.165, 1.54) is 24.0 Å². The van der Waals surface area contributed by atoms with Gasteiger partial charge in [-0.25, -0.2) is 0 Å². The first kappa shape index (κ1) is 19.5. The fraction of sp³-hybridized carbons (Fsp3) is 0.625. The summed E-state index contributed by atoms with van der Waals surface area (Å²) in [4.78, 5) is 12.6. The third kappa shape index (κ3) is 3.71. The van der Waals surface area contributed by atoms with Gasteiger partial charge in [-0.15, -0.1) is 0 Å². The van der Waals surface area contributed by atoms with Crippen LogP contribution in [0, 0.1) is 23.2 Å². The maximum atomic E-state index is 12.6. The smallest absolute Gasteiger partial charge is 0.315 e. The molecule has 3 fully saturated rings. The molecule has 2 aliphatic carbocycles. The van der Waals surface area contributed by atoms with Crippen molar-refractivity contribution in [3.63, 3.8) is 0 Å². The second-order valence-electron chi connectivity index (χ2n) is 9.32. The summed E-state index contributed by atoms with van der Waals surface area (Å²) in [5.74, 6) is 1.90. The number of ether oxygens (including phenoxy) is 2. The van der Waals surface area contributed by atoms with Crippen molar-refractivity contribution in [2.45, 2.75) is 51.6 Å². The van der Waals surface area contributed by atoms with Crippen LogP contribution in [-0.4, -0.2) is 32.3 Å². The van der Waals surface area contributed by atoms with Crippen LogP contribution in [0.4, 0.5) is 0 Å². The second kappa shape index (κ2) is 7.90. The van der Waals surface area contributed by atoms with Crippen LogP contribution in [0.5, 0.6) is 5.75 Å². The number of allylic oxidation sites excluding steroid dienone is 1. The highest BCUT2D eigenvalue weighted by atomic mass is 16.6. The quantitative estimate of drug-likeness (QED) is 0.466. The number of benzene rings is 1. The minimum absolute atomic E-state index is 0.0311. The van der Waals surface area contributed by atoms with Crippen LogP contribution in [0.2, 0.25) is 0 Å². The minimum Gasteiger partial charge on any atom is -0.497 e. The largest absolute Gasteiger partial charge is 0.497 e. The molecular formula is C24H34NO3+. The van der Waals surface area contributed by atoms with Crippen molar-refractivity contribution in [3.8, 4) is 5.75 Å². The van der Waals surface area contributed by atoms with E-state index in [2.05, 4.69) is 31.0 Å². The SMILES string of the molecule is C=C1CCC[C@]2(C)C[C@H]3OC(=O)[C@@H](C[NH2+]CCc4ccc(OC)cc4)[C@H]3C[C@@H]12. The maximum absolute atomic E-state index is 12.6. The first-order chi connectivity index (χ1) is 13.5. The van der Waals surface area contributed by atoms with Crippen molar-refractivity contribution in [2.24, 2.45) is 23.2 Å². The van der Waals surface area contributed by atoms with E-state index in [0.29, 0.717) is 11.8 Å². The molecule has 152 valence electrons. The zero-order valence-electron chi connectivity index (χ0n) is 17.3. The van der Waals surface area contributed by atoms with E-state index in [1.54, 1.807) is 7.11 Å². The first-order valence-corrected chi connectivity index (χ1v) is 10.8. The molecule has 1 aliphatic heterocycles. The van der Waals surface area contributed by atoms with E-state index in [0.717, 1.165) is 44.5 Å². The molecule has 4 nitrogen and oxygen atoms in total. The molecule has 1 saturated heterocycles. The number of nitrogens with two attached hydrogens (primary N) is 1. The number of carbonyl (C=O) groups is 1. The predicted octanol–water partition coefficient (Wildman–Crippen LogP) is 3.12. The van der Waals surface area contributed by atoms with Gasteiger partial charge in [0.2, 0.25) is 0 Å². The number of carbonyl (C=O) groups excluding carboxylic acids is 1. The Morgan fingerprint density at radius 3 is 2.86 bits per heavy atom. The molecule has 2 N–H and O–H groups in total. The fourth-order valence-corrected chi connectivity index (χ4v) is 5.88. The normalized spacial score (nSPS) is 34.5. The summed E-state index contributed by atoms with van der Waals surface area (Å²) in [5.41, 5.74) is 2.99. The van der Waals surface area contributed by atoms with Crippen LogP contribution in [0.3, 0.4) is 0 Å².